The number of carbonyl (C=O) groups is 1. The number of carbonyl (C=O) groups excluding carboxylic acids is 1. The molecule has 24 heavy (non-hydrogen) atoms. The third-order valence-corrected chi connectivity index (χ3v) is 4.77. The van der Waals surface area contributed by atoms with Gasteiger partial charge in [0, 0.05) is 13.1 Å². The second-order valence-electron chi connectivity index (χ2n) is 5.99. The van der Waals surface area contributed by atoms with Crippen LogP contribution in [0.2, 0.25) is 5.02 Å². The lowest BCUT2D eigenvalue weighted by molar-refractivity contribution is -0.120. The molecule has 1 aliphatic rings. The first-order valence-corrected chi connectivity index (χ1v) is 8.57. The SMILES string of the molecule is C[C@@H](C(=O)Nc1ccccc1Cl)N1CC=C(c2ccccc2)CC1. The molecule has 0 aromatic heterocycles. The summed E-state index contributed by atoms with van der Waals surface area (Å²) in [6.07, 6.45) is 3.17. The van der Waals surface area contributed by atoms with Crippen LogP contribution in [-0.2, 0) is 4.79 Å². The standard InChI is InChI=1S/C20H21ClN2O/c1-15(20(24)22-19-10-6-5-9-18(19)21)23-13-11-17(12-14-23)16-7-3-2-4-8-16/h2-11,15H,12-14H2,1H3,(H,22,24)/t15-/m0/s1. The van der Waals surface area contributed by atoms with Gasteiger partial charge >= 0.3 is 0 Å². The third-order valence-electron chi connectivity index (χ3n) is 4.44. The van der Waals surface area contributed by atoms with Crippen LogP contribution in [0.1, 0.15) is 18.9 Å². The molecule has 0 saturated carbocycles. The molecule has 2 aromatic carbocycles. The summed E-state index contributed by atoms with van der Waals surface area (Å²) < 4.78 is 0. The van der Waals surface area contributed by atoms with Crippen LogP contribution in [-0.4, -0.2) is 29.9 Å². The molecule has 3 nitrogen and oxygen atoms in total. The minimum absolute atomic E-state index is 0.0281. The Morgan fingerprint density at radius 2 is 1.83 bits per heavy atom. The Morgan fingerprint density at radius 3 is 2.50 bits per heavy atom. The number of nitrogens with one attached hydrogen (secondary N) is 1. The third kappa shape index (κ3) is 3.86. The highest BCUT2D eigenvalue weighted by atomic mass is 35.5. The van der Waals surface area contributed by atoms with Crippen LogP contribution in [0.15, 0.2) is 60.7 Å². The van der Waals surface area contributed by atoms with Gasteiger partial charge in [-0.2, -0.15) is 0 Å². The summed E-state index contributed by atoms with van der Waals surface area (Å²) in [5.41, 5.74) is 3.28. The molecule has 0 saturated heterocycles. The topological polar surface area (TPSA) is 32.3 Å². The van der Waals surface area contributed by atoms with E-state index in [0.29, 0.717) is 10.7 Å². The number of rotatable bonds is 4. The van der Waals surface area contributed by atoms with Crippen molar-refractivity contribution in [3.8, 4) is 0 Å². The van der Waals surface area contributed by atoms with Gasteiger partial charge in [-0.05, 0) is 36.6 Å². The number of amides is 1. The van der Waals surface area contributed by atoms with E-state index < -0.39 is 0 Å². The van der Waals surface area contributed by atoms with Crippen LogP contribution in [0, 0.1) is 0 Å². The zero-order chi connectivity index (χ0) is 16.9. The van der Waals surface area contributed by atoms with Gasteiger partial charge in [0.05, 0.1) is 16.8 Å². The lowest BCUT2D eigenvalue weighted by Gasteiger charge is -2.31. The second kappa shape index (κ2) is 7.65. The van der Waals surface area contributed by atoms with Crippen LogP contribution >= 0.6 is 11.6 Å². The highest BCUT2D eigenvalue weighted by Crippen LogP contribution is 2.24. The van der Waals surface area contributed by atoms with Gasteiger partial charge in [-0.25, -0.2) is 0 Å². The molecule has 0 fully saturated rings. The van der Waals surface area contributed by atoms with Crippen molar-refractivity contribution in [3.05, 3.63) is 71.3 Å². The van der Waals surface area contributed by atoms with Gasteiger partial charge in [-0.15, -0.1) is 0 Å². The minimum Gasteiger partial charge on any atom is -0.323 e. The molecule has 0 spiro atoms. The molecule has 124 valence electrons. The quantitative estimate of drug-likeness (QED) is 0.891. The van der Waals surface area contributed by atoms with E-state index in [4.69, 9.17) is 11.6 Å². The molecule has 1 heterocycles. The largest absolute Gasteiger partial charge is 0.323 e. The number of benzene rings is 2. The van der Waals surface area contributed by atoms with Crippen molar-refractivity contribution in [2.45, 2.75) is 19.4 Å². The van der Waals surface area contributed by atoms with Crippen molar-refractivity contribution in [2.24, 2.45) is 0 Å². The first-order chi connectivity index (χ1) is 11.6. The van der Waals surface area contributed by atoms with Gasteiger partial charge < -0.3 is 5.32 Å². The number of hydrogen-bond donors (Lipinski definition) is 1. The fourth-order valence-corrected chi connectivity index (χ4v) is 3.10. The van der Waals surface area contributed by atoms with E-state index in [1.807, 2.05) is 31.2 Å². The Bertz CT molecular complexity index is 742. The van der Waals surface area contributed by atoms with Crippen molar-refractivity contribution in [1.29, 1.82) is 0 Å². The molecule has 1 aliphatic heterocycles. The average Bonchev–Trinajstić information content (AvgIpc) is 2.64. The van der Waals surface area contributed by atoms with E-state index in [9.17, 15) is 4.79 Å². The molecule has 4 heteroatoms. The molecule has 1 amide bonds. The molecule has 0 radical (unpaired) electrons. The summed E-state index contributed by atoms with van der Waals surface area (Å²) in [4.78, 5) is 14.7. The fourth-order valence-electron chi connectivity index (χ4n) is 2.92. The highest BCUT2D eigenvalue weighted by molar-refractivity contribution is 6.33. The van der Waals surface area contributed by atoms with E-state index in [2.05, 4.69) is 40.6 Å². The Morgan fingerprint density at radius 1 is 1.12 bits per heavy atom. The number of halogens is 1. The van der Waals surface area contributed by atoms with Crippen molar-refractivity contribution < 1.29 is 4.79 Å². The summed E-state index contributed by atoms with van der Waals surface area (Å²) >= 11 is 6.11. The van der Waals surface area contributed by atoms with Gasteiger partial charge in [0.1, 0.15) is 0 Å². The van der Waals surface area contributed by atoms with Crippen molar-refractivity contribution >= 4 is 28.8 Å². The monoisotopic (exact) mass is 340 g/mol. The van der Waals surface area contributed by atoms with Crippen LogP contribution < -0.4 is 5.32 Å². The van der Waals surface area contributed by atoms with Crippen LogP contribution in [0.25, 0.3) is 5.57 Å². The maximum atomic E-state index is 12.5. The number of para-hydroxylation sites is 1. The summed E-state index contributed by atoms with van der Waals surface area (Å²) in [5.74, 6) is -0.0281. The van der Waals surface area contributed by atoms with E-state index in [-0.39, 0.29) is 11.9 Å². The van der Waals surface area contributed by atoms with Gasteiger partial charge in [0.15, 0.2) is 0 Å². The zero-order valence-corrected chi connectivity index (χ0v) is 14.5. The maximum absolute atomic E-state index is 12.5. The van der Waals surface area contributed by atoms with Crippen molar-refractivity contribution in [2.75, 3.05) is 18.4 Å². The molecular weight excluding hydrogens is 320 g/mol. The van der Waals surface area contributed by atoms with E-state index in [1.165, 1.54) is 11.1 Å². The number of hydrogen-bond acceptors (Lipinski definition) is 2. The fraction of sp³-hybridized carbons (Fsp3) is 0.250. The van der Waals surface area contributed by atoms with Crippen molar-refractivity contribution in [1.82, 2.24) is 4.90 Å². The van der Waals surface area contributed by atoms with Crippen LogP contribution in [0.4, 0.5) is 5.69 Å². The molecule has 3 rings (SSSR count). The van der Waals surface area contributed by atoms with Gasteiger partial charge in [-0.3, -0.25) is 9.69 Å². The molecule has 0 bridgehead atoms. The first-order valence-electron chi connectivity index (χ1n) is 8.19. The van der Waals surface area contributed by atoms with Crippen LogP contribution in [0.5, 0.6) is 0 Å². The lowest BCUT2D eigenvalue weighted by atomic mass is 9.99. The maximum Gasteiger partial charge on any atom is 0.241 e. The average molecular weight is 341 g/mol. The minimum atomic E-state index is -0.199. The Labute approximate surface area is 147 Å². The summed E-state index contributed by atoms with van der Waals surface area (Å²) in [5, 5.41) is 3.48. The molecule has 2 aromatic rings. The predicted octanol–water partition coefficient (Wildman–Crippen LogP) is 4.46. The first kappa shape index (κ1) is 16.7. The zero-order valence-electron chi connectivity index (χ0n) is 13.7. The van der Waals surface area contributed by atoms with Gasteiger partial charge in [-0.1, -0.05) is 60.1 Å². The molecule has 0 unspecified atom stereocenters. The lowest BCUT2D eigenvalue weighted by Crippen LogP contribution is -2.44. The van der Waals surface area contributed by atoms with Gasteiger partial charge in [0.25, 0.3) is 0 Å². The normalized spacial score (nSPS) is 16.3. The summed E-state index contributed by atoms with van der Waals surface area (Å²) in [7, 11) is 0. The van der Waals surface area contributed by atoms with E-state index >= 15 is 0 Å². The molecule has 0 aliphatic carbocycles. The highest BCUT2D eigenvalue weighted by Gasteiger charge is 2.23. The Hall–Kier alpha value is -2.10. The van der Waals surface area contributed by atoms with Crippen molar-refractivity contribution in [3.63, 3.8) is 0 Å². The summed E-state index contributed by atoms with van der Waals surface area (Å²) in [6.45, 7) is 3.59. The van der Waals surface area contributed by atoms with E-state index in [0.717, 1.165) is 19.5 Å². The Balaban J connectivity index is 1.62. The predicted molar refractivity (Wildman–Crippen MR) is 100 cm³/mol. The molecule has 1 N–H and O–H groups in total. The molecule has 1 atom stereocenters. The Kier molecular flexibility index (Phi) is 5.34. The van der Waals surface area contributed by atoms with Crippen LogP contribution in [0.3, 0.4) is 0 Å². The van der Waals surface area contributed by atoms with Gasteiger partial charge in [0.2, 0.25) is 5.91 Å². The smallest absolute Gasteiger partial charge is 0.241 e. The number of anilines is 1. The molecular formula is C20H21ClN2O. The second-order valence-corrected chi connectivity index (χ2v) is 6.39. The number of nitrogens with zero attached hydrogens (tertiary/aromatic N) is 1. The summed E-state index contributed by atoms with van der Waals surface area (Å²) in [6, 6.07) is 17.5. The van der Waals surface area contributed by atoms with E-state index in [1.54, 1.807) is 6.07 Å².